The number of hydrogen-bond acceptors (Lipinski definition) is 2. The molecule has 0 atom stereocenters. The zero-order valence-electron chi connectivity index (χ0n) is 11.5. The molecule has 1 fully saturated rings. The van der Waals surface area contributed by atoms with Gasteiger partial charge in [-0.15, -0.1) is 0 Å². The van der Waals surface area contributed by atoms with E-state index in [4.69, 9.17) is 4.74 Å². The van der Waals surface area contributed by atoms with E-state index in [1.165, 1.54) is 38.5 Å². The first-order valence-corrected chi connectivity index (χ1v) is 8.15. The van der Waals surface area contributed by atoms with Crippen LogP contribution in [0.25, 0.3) is 0 Å². The summed E-state index contributed by atoms with van der Waals surface area (Å²) in [6, 6.07) is 5.81. The van der Waals surface area contributed by atoms with Gasteiger partial charge in [-0.3, -0.25) is 4.79 Å². The molecule has 0 bridgehead atoms. The molecule has 1 aromatic carbocycles. The molecule has 1 aliphatic carbocycles. The first-order valence-electron chi connectivity index (χ1n) is 7.07. The molecule has 2 nitrogen and oxygen atoms in total. The predicted molar refractivity (Wildman–Crippen MR) is 85.9 cm³/mol. The standard InChI is InChI=1S/C16H21IO2/c1-19-16-9-8-13(17)11-14(16)15(18)10-12-6-4-2-3-5-7-12/h8-9,11-12H,2-7,10H2,1H3. The first kappa shape index (κ1) is 14.8. The second kappa shape index (κ2) is 7.27. The maximum Gasteiger partial charge on any atom is 0.166 e. The van der Waals surface area contributed by atoms with Crippen molar-refractivity contribution >= 4 is 28.4 Å². The Kier molecular flexibility index (Phi) is 5.67. The van der Waals surface area contributed by atoms with E-state index < -0.39 is 0 Å². The molecule has 104 valence electrons. The summed E-state index contributed by atoms with van der Waals surface area (Å²) in [5.74, 6) is 1.51. The monoisotopic (exact) mass is 372 g/mol. The molecule has 0 saturated heterocycles. The molecular weight excluding hydrogens is 351 g/mol. The van der Waals surface area contributed by atoms with Gasteiger partial charge in [0.15, 0.2) is 5.78 Å². The molecule has 1 saturated carbocycles. The predicted octanol–water partition coefficient (Wildman–Crippen LogP) is 4.84. The SMILES string of the molecule is COc1ccc(I)cc1C(=O)CC1CCCCCC1. The van der Waals surface area contributed by atoms with Crippen molar-refractivity contribution in [1.82, 2.24) is 0 Å². The summed E-state index contributed by atoms with van der Waals surface area (Å²) < 4.78 is 6.40. The third kappa shape index (κ3) is 4.20. The van der Waals surface area contributed by atoms with Gasteiger partial charge in [-0.1, -0.05) is 38.5 Å². The molecule has 1 aliphatic rings. The fourth-order valence-corrected chi connectivity index (χ4v) is 3.33. The zero-order valence-corrected chi connectivity index (χ0v) is 13.6. The summed E-state index contributed by atoms with van der Waals surface area (Å²) in [7, 11) is 1.63. The topological polar surface area (TPSA) is 26.3 Å². The number of benzene rings is 1. The summed E-state index contributed by atoms with van der Waals surface area (Å²) in [6.07, 6.45) is 8.31. The highest BCUT2D eigenvalue weighted by Crippen LogP contribution is 2.29. The van der Waals surface area contributed by atoms with Crippen molar-refractivity contribution in [3.63, 3.8) is 0 Å². The van der Waals surface area contributed by atoms with E-state index in [1.807, 2.05) is 18.2 Å². The van der Waals surface area contributed by atoms with Crippen LogP contribution in [0, 0.1) is 9.49 Å². The average molecular weight is 372 g/mol. The van der Waals surface area contributed by atoms with E-state index in [0.29, 0.717) is 18.1 Å². The molecule has 19 heavy (non-hydrogen) atoms. The van der Waals surface area contributed by atoms with E-state index in [-0.39, 0.29) is 5.78 Å². The Labute approximate surface area is 129 Å². The van der Waals surface area contributed by atoms with E-state index >= 15 is 0 Å². The fraction of sp³-hybridized carbons (Fsp3) is 0.562. The van der Waals surface area contributed by atoms with Crippen molar-refractivity contribution < 1.29 is 9.53 Å². The number of carbonyl (C=O) groups excluding carboxylic acids is 1. The Hall–Kier alpha value is -0.580. The third-order valence-corrected chi connectivity index (χ3v) is 4.58. The van der Waals surface area contributed by atoms with Gasteiger partial charge in [0.1, 0.15) is 5.75 Å². The van der Waals surface area contributed by atoms with Crippen molar-refractivity contribution in [2.24, 2.45) is 5.92 Å². The highest BCUT2D eigenvalue weighted by atomic mass is 127. The molecule has 0 aliphatic heterocycles. The Bertz CT molecular complexity index is 434. The quantitative estimate of drug-likeness (QED) is 0.429. The maximum atomic E-state index is 12.5. The van der Waals surface area contributed by atoms with Crippen LogP contribution in [0.4, 0.5) is 0 Å². The minimum Gasteiger partial charge on any atom is -0.496 e. The smallest absolute Gasteiger partial charge is 0.166 e. The summed E-state index contributed by atoms with van der Waals surface area (Å²) >= 11 is 2.24. The molecule has 3 heteroatoms. The molecule has 0 unspecified atom stereocenters. The van der Waals surface area contributed by atoms with Crippen molar-refractivity contribution in [2.45, 2.75) is 44.9 Å². The number of methoxy groups -OCH3 is 1. The molecule has 0 spiro atoms. The van der Waals surface area contributed by atoms with Crippen LogP contribution in [0.3, 0.4) is 0 Å². The molecule has 0 amide bonds. The van der Waals surface area contributed by atoms with Gasteiger partial charge in [0.25, 0.3) is 0 Å². The van der Waals surface area contributed by atoms with E-state index in [1.54, 1.807) is 7.11 Å². The number of ether oxygens (including phenoxy) is 1. The van der Waals surface area contributed by atoms with Gasteiger partial charge in [-0.05, 0) is 46.7 Å². The summed E-state index contributed by atoms with van der Waals surface area (Å²) in [4.78, 5) is 12.5. The molecule has 0 N–H and O–H groups in total. The number of halogens is 1. The number of carbonyl (C=O) groups is 1. The molecule has 0 aromatic heterocycles. The lowest BCUT2D eigenvalue weighted by molar-refractivity contribution is 0.0954. The highest BCUT2D eigenvalue weighted by Gasteiger charge is 2.19. The maximum absolute atomic E-state index is 12.5. The highest BCUT2D eigenvalue weighted by molar-refractivity contribution is 14.1. The van der Waals surface area contributed by atoms with Crippen LogP contribution in [-0.2, 0) is 0 Å². The summed E-state index contributed by atoms with van der Waals surface area (Å²) in [5.41, 5.74) is 0.749. The van der Waals surface area contributed by atoms with Gasteiger partial charge < -0.3 is 4.74 Å². The second-order valence-electron chi connectivity index (χ2n) is 5.33. The van der Waals surface area contributed by atoms with Gasteiger partial charge in [-0.2, -0.15) is 0 Å². The van der Waals surface area contributed by atoms with Gasteiger partial charge in [0.2, 0.25) is 0 Å². The molecular formula is C16H21IO2. The largest absolute Gasteiger partial charge is 0.496 e. The van der Waals surface area contributed by atoms with E-state index in [2.05, 4.69) is 22.6 Å². The van der Waals surface area contributed by atoms with Gasteiger partial charge in [0.05, 0.1) is 12.7 Å². The molecule has 2 rings (SSSR count). The second-order valence-corrected chi connectivity index (χ2v) is 6.58. The van der Waals surface area contributed by atoms with Gasteiger partial charge in [0, 0.05) is 9.99 Å². The number of ketones is 1. The lowest BCUT2D eigenvalue weighted by atomic mass is 9.92. The zero-order chi connectivity index (χ0) is 13.7. The van der Waals surface area contributed by atoms with Crippen LogP contribution in [0.1, 0.15) is 55.3 Å². The van der Waals surface area contributed by atoms with Crippen molar-refractivity contribution in [3.8, 4) is 5.75 Å². The van der Waals surface area contributed by atoms with Crippen LogP contribution in [0.5, 0.6) is 5.75 Å². The van der Waals surface area contributed by atoms with Crippen molar-refractivity contribution in [2.75, 3.05) is 7.11 Å². The van der Waals surface area contributed by atoms with Crippen LogP contribution in [-0.4, -0.2) is 12.9 Å². The molecule has 0 radical (unpaired) electrons. The van der Waals surface area contributed by atoms with Crippen molar-refractivity contribution in [1.29, 1.82) is 0 Å². The normalized spacial score (nSPS) is 16.9. The number of rotatable bonds is 4. The van der Waals surface area contributed by atoms with Crippen molar-refractivity contribution in [3.05, 3.63) is 27.3 Å². The first-order chi connectivity index (χ1) is 9.20. The fourth-order valence-electron chi connectivity index (χ4n) is 2.84. The van der Waals surface area contributed by atoms with Crippen LogP contribution >= 0.6 is 22.6 Å². The number of Topliss-reactive ketones (excluding diaryl/α,β-unsaturated/α-hetero) is 1. The summed E-state index contributed by atoms with van der Waals surface area (Å²) in [6.45, 7) is 0. The summed E-state index contributed by atoms with van der Waals surface area (Å²) in [5, 5.41) is 0. The van der Waals surface area contributed by atoms with E-state index in [0.717, 1.165) is 9.13 Å². The molecule has 1 aromatic rings. The Morgan fingerprint density at radius 3 is 2.58 bits per heavy atom. The van der Waals surface area contributed by atoms with Crippen LogP contribution < -0.4 is 4.74 Å². The minimum atomic E-state index is 0.238. The van der Waals surface area contributed by atoms with Crippen LogP contribution in [0.2, 0.25) is 0 Å². The Morgan fingerprint density at radius 2 is 1.95 bits per heavy atom. The Morgan fingerprint density at radius 1 is 1.26 bits per heavy atom. The molecule has 0 heterocycles. The Balaban J connectivity index is 2.08. The third-order valence-electron chi connectivity index (χ3n) is 3.91. The van der Waals surface area contributed by atoms with Gasteiger partial charge in [-0.25, -0.2) is 0 Å². The minimum absolute atomic E-state index is 0.238. The lowest BCUT2D eigenvalue weighted by Gasteiger charge is -2.14. The van der Waals surface area contributed by atoms with E-state index in [9.17, 15) is 4.79 Å². The number of hydrogen-bond donors (Lipinski definition) is 0. The lowest BCUT2D eigenvalue weighted by Crippen LogP contribution is -2.10. The average Bonchev–Trinajstić information content (AvgIpc) is 2.67. The van der Waals surface area contributed by atoms with Crippen LogP contribution in [0.15, 0.2) is 18.2 Å². The van der Waals surface area contributed by atoms with Gasteiger partial charge >= 0.3 is 0 Å².